The number of halogens is 3. The third-order valence-electron chi connectivity index (χ3n) is 3.59. The monoisotopic (exact) mass is 356 g/mol. The van der Waals surface area contributed by atoms with Gasteiger partial charge in [0.1, 0.15) is 0 Å². The zero-order chi connectivity index (χ0) is 18.1. The zero-order valence-corrected chi connectivity index (χ0v) is 13.3. The SMILES string of the molecule is CC1(Cn2nc(-c3cnc(OCC(F)(F)F)nc3)ccc2=O)COC1. The van der Waals surface area contributed by atoms with Crippen LogP contribution in [0.25, 0.3) is 11.3 Å². The van der Waals surface area contributed by atoms with E-state index >= 15 is 0 Å². The molecule has 0 bridgehead atoms. The smallest absolute Gasteiger partial charge is 0.422 e. The predicted molar refractivity (Wildman–Crippen MR) is 80.0 cm³/mol. The first-order valence-corrected chi connectivity index (χ1v) is 7.42. The van der Waals surface area contributed by atoms with Crippen LogP contribution in [0.15, 0.2) is 29.3 Å². The van der Waals surface area contributed by atoms with Crippen LogP contribution in [0.3, 0.4) is 0 Å². The second-order valence-electron chi connectivity index (χ2n) is 6.18. The lowest BCUT2D eigenvalue weighted by atomic mass is 9.89. The van der Waals surface area contributed by atoms with Crippen molar-refractivity contribution in [3.8, 4) is 17.3 Å². The molecule has 2 aromatic rings. The van der Waals surface area contributed by atoms with Gasteiger partial charge in [-0.3, -0.25) is 4.79 Å². The van der Waals surface area contributed by atoms with Crippen molar-refractivity contribution < 1.29 is 22.6 Å². The summed E-state index contributed by atoms with van der Waals surface area (Å²) >= 11 is 0. The summed E-state index contributed by atoms with van der Waals surface area (Å²) in [4.78, 5) is 19.4. The first-order valence-electron chi connectivity index (χ1n) is 7.42. The molecule has 0 spiro atoms. The topological polar surface area (TPSA) is 79.1 Å². The lowest BCUT2D eigenvalue weighted by Crippen LogP contribution is -2.45. The Morgan fingerprint density at radius 2 is 1.96 bits per heavy atom. The normalized spacial score (nSPS) is 16.3. The summed E-state index contributed by atoms with van der Waals surface area (Å²) in [5, 5.41) is 4.27. The van der Waals surface area contributed by atoms with Gasteiger partial charge in [0.05, 0.1) is 25.5 Å². The maximum absolute atomic E-state index is 12.1. The molecule has 10 heteroatoms. The number of hydrogen-bond acceptors (Lipinski definition) is 6. The highest BCUT2D eigenvalue weighted by Crippen LogP contribution is 2.28. The van der Waals surface area contributed by atoms with E-state index in [0.717, 1.165) is 0 Å². The lowest BCUT2D eigenvalue weighted by Gasteiger charge is -2.37. The summed E-state index contributed by atoms with van der Waals surface area (Å²) in [5.41, 5.74) is 0.512. The van der Waals surface area contributed by atoms with Crippen LogP contribution in [0, 0.1) is 5.41 Å². The summed E-state index contributed by atoms with van der Waals surface area (Å²) < 4.78 is 47.3. The molecule has 0 amide bonds. The largest absolute Gasteiger partial charge is 0.454 e. The van der Waals surface area contributed by atoms with Gasteiger partial charge in [-0.15, -0.1) is 0 Å². The fraction of sp³-hybridized carbons (Fsp3) is 0.467. The van der Waals surface area contributed by atoms with Crippen LogP contribution in [0.2, 0.25) is 0 Å². The molecule has 1 fully saturated rings. The summed E-state index contributed by atoms with van der Waals surface area (Å²) in [6.07, 6.45) is -1.87. The molecule has 0 N–H and O–H groups in total. The number of nitrogens with zero attached hydrogens (tertiary/aromatic N) is 4. The third kappa shape index (κ3) is 4.32. The van der Waals surface area contributed by atoms with Crippen molar-refractivity contribution in [1.29, 1.82) is 0 Å². The van der Waals surface area contributed by atoms with Gasteiger partial charge in [0.25, 0.3) is 5.56 Å². The molecule has 25 heavy (non-hydrogen) atoms. The number of alkyl halides is 3. The zero-order valence-electron chi connectivity index (χ0n) is 13.3. The van der Waals surface area contributed by atoms with Gasteiger partial charge < -0.3 is 9.47 Å². The molecule has 1 saturated heterocycles. The summed E-state index contributed by atoms with van der Waals surface area (Å²) in [7, 11) is 0. The first kappa shape index (κ1) is 17.3. The fourth-order valence-electron chi connectivity index (χ4n) is 2.29. The highest BCUT2D eigenvalue weighted by molar-refractivity contribution is 5.55. The Morgan fingerprint density at radius 3 is 2.52 bits per heavy atom. The van der Waals surface area contributed by atoms with Crippen LogP contribution in [0.5, 0.6) is 6.01 Å². The molecule has 134 valence electrons. The second-order valence-corrected chi connectivity index (χ2v) is 6.18. The third-order valence-corrected chi connectivity index (χ3v) is 3.59. The molecule has 3 heterocycles. The van der Waals surface area contributed by atoms with E-state index in [9.17, 15) is 18.0 Å². The highest BCUT2D eigenvalue weighted by atomic mass is 19.4. The number of hydrogen-bond donors (Lipinski definition) is 0. The molecule has 2 aromatic heterocycles. The van der Waals surface area contributed by atoms with Crippen molar-refractivity contribution in [2.45, 2.75) is 19.6 Å². The van der Waals surface area contributed by atoms with Crippen LogP contribution < -0.4 is 10.3 Å². The molecule has 1 aliphatic rings. The summed E-state index contributed by atoms with van der Waals surface area (Å²) in [5.74, 6) is 0. The Balaban J connectivity index is 1.76. The number of aromatic nitrogens is 4. The van der Waals surface area contributed by atoms with Crippen molar-refractivity contribution in [2.24, 2.45) is 5.41 Å². The minimum atomic E-state index is -4.46. The summed E-state index contributed by atoms with van der Waals surface area (Å²) in [6, 6.07) is 2.50. The second kappa shape index (κ2) is 6.43. The van der Waals surface area contributed by atoms with Crippen molar-refractivity contribution in [1.82, 2.24) is 19.7 Å². The average Bonchev–Trinajstić information content (AvgIpc) is 2.53. The van der Waals surface area contributed by atoms with Gasteiger partial charge in [-0.2, -0.15) is 18.3 Å². The standard InChI is InChI=1S/C15H15F3N4O3/c1-14(7-24-8-14)6-22-12(23)3-2-11(21-22)10-4-19-13(20-5-10)25-9-15(16,17)18/h2-5H,6-9H2,1H3. The van der Waals surface area contributed by atoms with E-state index < -0.39 is 12.8 Å². The van der Waals surface area contributed by atoms with Crippen LogP contribution in [0.4, 0.5) is 13.2 Å². The van der Waals surface area contributed by atoms with Gasteiger partial charge in [0.15, 0.2) is 6.61 Å². The summed E-state index contributed by atoms with van der Waals surface area (Å²) in [6.45, 7) is 2.05. The van der Waals surface area contributed by atoms with Gasteiger partial charge in [-0.25, -0.2) is 14.6 Å². The molecule has 3 rings (SSSR count). The molecule has 0 saturated carbocycles. The number of ether oxygens (including phenoxy) is 2. The van der Waals surface area contributed by atoms with E-state index in [0.29, 0.717) is 31.0 Å². The van der Waals surface area contributed by atoms with E-state index in [2.05, 4.69) is 19.8 Å². The van der Waals surface area contributed by atoms with Crippen molar-refractivity contribution in [3.05, 3.63) is 34.9 Å². The molecule has 7 nitrogen and oxygen atoms in total. The van der Waals surface area contributed by atoms with Crippen LogP contribution in [-0.4, -0.2) is 45.7 Å². The quantitative estimate of drug-likeness (QED) is 0.811. The molecule has 0 radical (unpaired) electrons. The Bertz CT molecular complexity index is 801. The lowest BCUT2D eigenvalue weighted by molar-refractivity contribution is -0.154. The maximum Gasteiger partial charge on any atom is 0.422 e. The van der Waals surface area contributed by atoms with E-state index in [1.54, 1.807) is 0 Å². The molecule has 0 aromatic carbocycles. The van der Waals surface area contributed by atoms with Gasteiger partial charge in [-0.05, 0) is 6.07 Å². The molecular weight excluding hydrogens is 341 g/mol. The van der Waals surface area contributed by atoms with Crippen molar-refractivity contribution in [3.63, 3.8) is 0 Å². The minimum absolute atomic E-state index is 0.138. The Morgan fingerprint density at radius 1 is 1.28 bits per heavy atom. The van der Waals surface area contributed by atoms with E-state index in [1.165, 1.54) is 29.2 Å². The molecule has 0 aliphatic carbocycles. The Labute approximate surface area is 140 Å². The van der Waals surface area contributed by atoms with Gasteiger partial charge in [0, 0.05) is 29.4 Å². The van der Waals surface area contributed by atoms with Crippen LogP contribution in [-0.2, 0) is 11.3 Å². The van der Waals surface area contributed by atoms with E-state index in [4.69, 9.17) is 4.74 Å². The fourth-order valence-corrected chi connectivity index (χ4v) is 2.29. The Kier molecular flexibility index (Phi) is 4.46. The number of rotatable bonds is 5. The van der Waals surface area contributed by atoms with E-state index in [-0.39, 0.29) is 17.0 Å². The van der Waals surface area contributed by atoms with E-state index in [1.807, 2.05) is 6.92 Å². The van der Waals surface area contributed by atoms with Crippen LogP contribution >= 0.6 is 0 Å². The average molecular weight is 356 g/mol. The predicted octanol–water partition coefficient (Wildman–Crippen LogP) is 1.68. The minimum Gasteiger partial charge on any atom is -0.454 e. The molecule has 0 unspecified atom stereocenters. The molecule has 0 atom stereocenters. The van der Waals surface area contributed by atoms with Crippen molar-refractivity contribution in [2.75, 3.05) is 19.8 Å². The van der Waals surface area contributed by atoms with Gasteiger partial charge >= 0.3 is 12.2 Å². The first-order chi connectivity index (χ1) is 11.7. The van der Waals surface area contributed by atoms with Crippen LogP contribution in [0.1, 0.15) is 6.92 Å². The van der Waals surface area contributed by atoms with Crippen molar-refractivity contribution >= 4 is 0 Å². The molecular formula is C15H15F3N4O3. The highest BCUT2D eigenvalue weighted by Gasteiger charge is 2.34. The van der Waals surface area contributed by atoms with Gasteiger partial charge in [-0.1, -0.05) is 6.92 Å². The van der Waals surface area contributed by atoms with Gasteiger partial charge in [0.2, 0.25) is 0 Å². The Hall–Kier alpha value is -2.49. The molecule has 1 aliphatic heterocycles. The maximum atomic E-state index is 12.1.